The van der Waals surface area contributed by atoms with Crippen molar-refractivity contribution in [2.24, 2.45) is 21.7 Å². The number of benzene rings is 2. The first-order chi connectivity index (χ1) is 25.7. The third-order valence-electron chi connectivity index (χ3n) is 9.57. The minimum atomic E-state index is -0.777. The van der Waals surface area contributed by atoms with E-state index in [9.17, 15) is 19.5 Å². The van der Waals surface area contributed by atoms with E-state index in [1.54, 1.807) is 18.2 Å². The van der Waals surface area contributed by atoms with Crippen LogP contribution in [0.25, 0.3) is 11.5 Å². The lowest BCUT2D eigenvalue weighted by atomic mass is 9.70. The standard InChI is InChI=1S/C23H32O6.C21H30O5/c1-16(24)29-18-10-8-9-17(13-18)20-21(23(4,5)15-28-20)22(2,3)14-27-12-7-6-11-19(25)26;1-20(2,13-25-11-6-5-10-17(23)24)19-18(26-14-21(19,3)4)15-8-7-9-16(22)12-15/h8-10,13H,6-7,11-12,14-15H2,1-5H3,(H,25,26);7-9,12,22H,5-6,10-11,13-14H2,1-4H3,(H,23,24). The number of carbonyl (C=O) groups excluding carboxylic acids is 1. The van der Waals surface area contributed by atoms with Gasteiger partial charge < -0.3 is 39.0 Å². The molecule has 55 heavy (non-hydrogen) atoms. The molecular formula is C44H62O11. The average molecular weight is 767 g/mol. The van der Waals surface area contributed by atoms with Crippen LogP contribution in [0.2, 0.25) is 0 Å². The molecule has 4 rings (SSSR count). The van der Waals surface area contributed by atoms with Crippen molar-refractivity contribution in [2.45, 2.75) is 101 Å². The van der Waals surface area contributed by atoms with Gasteiger partial charge in [-0.05, 0) is 61.1 Å². The van der Waals surface area contributed by atoms with Crippen molar-refractivity contribution in [1.82, 2.24) is 0 Å². The number of aromatic hydroxyl groups is 1. The fourth-order valence-electron chi connectivity index (χ4n) is 7.58. The summed E-state index contributed by atoms with van der Waals surface area (Å²) in [5, 5.41) is 27.2. The zero-order valence-corrected chi connectivity index (χ0v) is 34.2. The number of hydrogen-bond acceptors (Lipinski definition) is 9. The Balaban J connectivity index is 0.000000297. The van der Waals surface area contributed by atoms with Gasteiger partial charge in [-0.3, -0.25) is 14.4 Å². The van der Waals surface area contributed by atoms with Gasteiger partial charge in [0.05, 0.1) is 26.4 Å². The van der Waals surface area contributed by atoms with Crippen molar-refractivity contribution in [3.63, 3.8) is 0 Å². The molecule has 0 radical (unpaired) electrons. The van der Waals surface area contributed by atoms with Gasteiger partial charge in [0.2, 0.25) is 0 Å². The van der Waals surface area contributed by atoms with Gasteiger partial charge in [-0.25, -0.2) is 0 Å². The van der Waals surface area contributed by atoms with E-state index >= 15 is 0 Å². The number of unbranched alkanes of at least 4 members (excludes halogenated alkanes) is 2. The first-order valence-electron chi connectivity index (χ1n) is 19.1. The molecule has 0 saturated heterocycles. The Hall–Kier alpha value is -4.35. The molecular weight excluding hydrogens is 704 g/mol. The Morgan fingerprint density at radius 3 is 1.55 bits per heavy atom. The van der Waals surface area contributed by atoms with Gasteiger partial charge in [0, 0.05) is 65.8 Å². The van der Waals surface area contributed by atoms with Crippen molar-refractivity contribution in [3.05, 3.63) is 70.8 Å². The number of hydrogen-bond donors (Lipinski definition) is 3. The van der Waals surface area contributed by atoms with Crippen LogP contribution in [0.5, 0.6) is 11.5 Å². The monoisotopic (exact) mass is 766 g/mol. The van der Waals surface area contributed by atoms with Gasteiger partial charge in [-0.15, -0.1) is 0 Å². The second kappa shape index (κ2) is 19.5. The van der Waals surface area contributed by atoms with Crippen LogP contribution in [0, 0.1) is 21.7 Å². The Kier molecular flexibility index (Phi) is 16.0. The molecule has 0 amide bonds. The molecule has 11 heteroatoms. The van der Waals surface area contributed by atoms with Crippen LogP contribution in [0.15, 0.2) is 59.7 Å². The van der Waals surface area contributed by atoms with Crippen LogP contribution in [-0.4, -0.2) is 72.9 Å². The van der Waals surface area contributed by atoms with Gasteiger partial charge in [-0.2, -0.15) is 0 Å². The quantitative estimate of drug-likeness (QED) is 0.0711. The normalized spacial score (nSPS) is 16.2. The van der Waals surface area contributed by atoms with Gasteiger partial charge in [0.15, 0.2) is 0 Å². The molecule has 2 aliphatic rings. The first kappa shape index (κ1) is 45.0. The number of ether oxygens (including phenoxy) is 5. The Morgan fingerprint density at radius 1 is 0.691 bits per heavy atom. The zero-order valence-electron chi connectivity index (χ0n) is 34.2. The maximum Gasteiger partial charge on any atom is 0.308 e. The molecule has 3 N–H and O–H groups in total. The summed E-state index contributed by atoms with van der Waals surface area (Å²) in [5.41, 5.74) is 3.28. The number of rotatable bonds is 19. The van der Waals surface area contributed by atoms with Gasteiger partial charge in [0.25, 0.3) is 0 Å². The summed E-state index contributed by atoms with van der Waals surface area (Å²) in [4.78, 5) is 32.4. The Labute approximate surface area is 326 Å². The zero-order chi connectivity index (χ0) is 41.0. The predicted molar refractivity (Wildman–Crippen MR) is 211 cm³/mol. The molecule has 304 valence electrons. The second-order valence-electron chi connectivity index (χ2n) is 17.0. The molecule has 0 fully saturated rings. The van der Waals surface area contributed by atoms with Crippen molar-refractivity contribution in [2.75, 3.05) is 39.6 Å². The van der Waals surface area contributed by atoms with Crippen molar-refractivity contribution in [1.29, 1.82) is 0 Å². The highest BCUT2D eigenvalue weighted by molar-refractivity contribution is 5.72. The van der Waals surface area contributed by atoms with E-state index in [-0.39, 0.29) is 46.2 Å². The smallest absolute Gasteiger partial charge is 0.308 e. The third kappa shape index (κ3) is 13.4. The van der Waals surface area contributed by atoms with Crippen LogP contribution in [0.3, 0.4) is 0 Å². The van der Waals surface area contributed by atoms with E-state index in [0.717, 1.165) is 41.1 Å². The van der Waals surface area contributed by atoms with E-state index in [2.05, 4.69) is 55.4 Å². The molecule has 0 bridgehead atoms. The molecule has 2 heterocycles. The number of carboxylic acids is 2. The lowest BCUT2D eigenvalue weighted by Crippen LogP contribution is -2.31. The SMILES string of the molecule is CC(=O)Oc1cccc(C2=C(C(C)(C)COCCCCC(=O)O)C(C)(C)CO2)c1.CC(C)(COCCCCC(=O)O)C1=C(c2cccc(O)c2)OCC1(C)C. The highest BCUT2D eigenvalue weighted by Gasteiger charge is 2.45. The Bertz CT molecular complexity index is 1700. The maximum absolute atomic E-state index is 11.3. The van der Waals surface area contributed by atoms with Crippen molar-refractivity contribution in [3.8, 4) is 11.5 Å². The highest BCUT2D eigenvalue weighted by Crippen LogP contribution is 2.51. The summed E-state index contributed by atoms with van der Waals surface area (Å²) >= 11 is 0. The average Bonchev–Trinajstić information content (AvgIpc) is 3.59. The number of phenolic OH excluding ortho intramolecular Hbond substituents is 1. The summed E-state index contributed by atoms with van der Waals surface area (Å²) in [6.45, 7) is 21.8. The van der Waals surface area contributed by atoms with E-state index < -0.39 is 11.9 Å². The van der Waals surface area contributed by atoms with Crippen LogP contribution >= 0.6 is 0 Å². The molecule has 2 aliphatic heterocycles. The van der Waals surface area contributed by atoms with E-state index in [1.807, 2.05) is 30.3 Å². The molecule has 2 aromatic carbocycles. The third-order valence-corrected chi connectivity index (χ3v) is 9.57. The topological polar surface area (TPSA) is 158 Å². The fourth-order valence-corrected chi connectivity index (χ4v) is 7.58. The van der Waals surface area contributed by atoms with Crippen LogP contribution in [0.1, 0.15) is 112 Å². The highest BCUT2D eigenvalue weighted by atomic mass is 16.5. The minimum absolute atomic E-state index is 0.128. The number of carboxylic acid groups (broad SMARTS) is 2. The Morgan fingerprint density at radius 2 is 1.13 bits per heavy atom. The maximum atomic E-state index is 11.3. The van der Waals surface area contributed by atoms with E-state index in [4.69, 9.17) is 33.9 Å². The lowest BCUT2D eigenvalue weighted by molar-refractivity contribution is -0.138. The predicted octanol–water partition coefficient (Wildman–Crippen LogP) is 9.13. The van der Waals surface area contributed by atoms with E-state index in [0.29, 0.717) is 58.2 Å². The van der Waals surface area contributed by atoms with E-state index in [1.165, 1.54) is 12.5 Å². The van der Waals surface area contributed by atoms with Crippen LogP contribution < -0.4 is 4.74 Å². The number of carbonyl (C=O) groups is 3. The van der Waals surface area contributed by atoms with Crippen LogP contribution in [-0.2, 0) is 33.3 Å². The summed E-state index contributed by atoms with van der Waals surface area (Å²) in [6.07, 6.45) is 3.05. The largest absolute Gasteiger partial charge is 0.508 e. The van der Waals surface area contributed by atoms with Gasteiger partial charge >= 0.3 is 17.9 Å². The summed E-state index contributed by atoms with van der Waals surface area (Å²) < 4.78 is 29.1. The number of phenols is 1. The molecule has 0 saturated carbocycles. The summed E-state index contributed by atoms with van der Waals surface area (Å²) in [5.74, 6) is 0.435. The number of aliphatic carboxylic acids is 2. The molecule has 0 atom stereocenters. The molecule has 0 unspecified atom stereocenters. The van der Waals surface area contributed by atoms with Gasteiger partial charge in [0.1, 0.15) is 23.0 Å². The van der Waals surface area contributed by atoms with Crippen molar-refractivity contribution >= 4 is 29.4 Å². The second-order valence-corrected chi connectivity index (χ2v) is 17.0. The number of esters is 1. The molecule has 2 aromatic rings. The summed E-state index contributed by atoms with van der Waals surface area (Å²) in [7, 11) is 0. The first-order valence-corrected chi connectivity index (χ1v) is 19.1. The van der Waals surface area contributed by atoms with Crippen molar-refractivity contribution < 1.29 is 53.4 Å². The molecule has 0 spiro atoms. The fraction of sp³-hybridized carbons (Fsp3) is 0.568. The summed E-state index contributed by atoms with van der Waals surface area (Å²) in [6, 6.07) is 14.5. The molecule has 0 aliphatic carbocycles. The van der Waals surface area contributed by atoms with Crippen LogP contribution in [0.4, 0.5) is 0 Å². The minimum Gasteiger partial charge on any atom is -0.508 e. The molecule has 0 aromatic heterocycles. The molecule has 11 nitrogen and oxygen atoms in total. The van der Waals surface area contributed by atoms with Gasteiger partial charge in [-0.1, -0.05) is 79.7 Å². The lowest BCUT2D eigenvalue weighted by Gasteiger charge is -2.34.